The minimum atomic E-state index is -4.15. The number of aliphatic hydroxyl groups is 2. The van der Waals surface area contributed by atoms with Gasteiger partial charge in [-0.05, 0) is 0 Å². The van der Waals surface area contributed by atoms with Crippen molar-refractivity contribution in [2.24, 2.45) is 0 Å². The lowest BCUT2D eigenvalue weighted by molar-refractivity contribution is -1.04. The zero-order valence-corrected chi connectivity index (χ0v) is 18.1. The van der Waals surface area contributed by atoms with Crippen molar-refractivity contribution in [2.45, 2.75) is 6.04 Å². The van der Waals surface area contributed by atoms with E-state index in [9.17, 15) is 26.5 Å². The molecule has 0 radical (unpaired) electrons. The molecule has 2 rings (SSSR count). The summed E-state index contributed by atoms with van der Waals surface area (Å²) in [7, 11) is -8.22. The SMILES string of the molecule is O=S(=O)(O)CCN1CCN([N+]2(CCS(=O)(=O)O)CCN(CCO)CC2)C(CO)C1. The first-order valence-electron chi connectivity index (χ1n) is 9.68. The monoisotopic (exact) mass is 461 g/mol. The Kier molecular flexibility index (Phi) is 8.79. The molecule has 0 aromatic carbocycles. The van der Waals surface area contributed by atoms with Crippen LogP contribution in [0.15, 0.2) is 0 Å². The summed E-state index contributed by atoms with van der Waals surface area (Å²) in [5.41, 5.74) is 0. The fourth-order valence-corrected chi connectivity index (χ4v) is 5.27. The Balaban J connectivity index is 2.12. The Morgan fingerprint density at radius 2 is 1.45 bits per heavy atom. The van der Waals surface area contributed by atoms with Crippen molar-refractivity contribution in [3.8, 4) is 0 Å². The fourth-order valence-electron chi connectivity index (χ4n) is 4.21. The zero-order chi connectivity index (χ0) is 21.7. The second kappa shape index (κ2) is 10.3. The molecule has 1 unspecified atom stereocenters. The first-order chi connectivity index (χ1) is 13.5. The summed E-state index contributed by atoms with van der Waals surface area (Å²) in [6.45, 7) is 4.55. The van der Waals surface area contributed by atoms with Crippen LogP contribution in [-0.4, -0.2) is 152 Å². The largest absolute Gasteiger partial charge is 0.395 e. The third-order valence-electron chi connectivity index (χ3n) is 5.80. The van der Waals surface area contributed by atoms with Crippen molar-refractivity contribution in [1.29, 1.82) is 0 Å². The Morgan fingerprint density at radius 1 is 0.828 bits per heavy atom. The van der Waals surface area contributed by atoms with Gasteiger partial charge in [-0.1, -0.05) is 0 Å². The van der Waals surface area contributed by atoms with Crippen LogP contribution in [-0.2, 0) is 20.2 Å². The average molecular weight is 462 g/mol. The summed E-state index contributed by atoms with van der Waals surface area (Å²) in [6, 6.07) is -0.337. The lowest BCUT2D eigenvalue weighted by Crippen LogP contribution is -2.74. The summed E-state index contributed by atoms with van der Waals surface area (Å²) >= 11 is 0. The molecule has 2 aliphatic rings. The molecule has 0 amide bonds. The number of aliphatic hydroxyl groups excluding tert-OH is 2. The Morgan fingerprint density at radius 3 is 1.97 bits per heavy atom. The number of nitrogens with zero attached hydrogens (tertiary/aromatic N) is 4. The molecule has 2 aliphatic heterocycles. The molecule has 0 aromatic heterocycles. The summed E-state index contributed by atoms with van der Waals surface area (Å²) in [4.78, 5) is 3.94. The standard InChI is InChI=1S/C15H32N4O8S2/c20-10-5-16-3-7-19(8-4-16,9-12-29(25,26)27)18-2-1-17(13-15(18)14-21)6-11-28(22,23)24/h15,20-21H,1-14H2,(H-,22,23,24,25,26,27)/p+1. The summed E-state index contributed by atoms with van der Waals surface area (Å²) in [6.07, 6.45) is 0. The molecule has 29 heavy (non-hydrogen) atoms. The van der Waals surface area contributed by atoms with Crippen LogP contribution in [0.1, 0.15) is 0 Å². The molecule has 0 aliphatic carbocycles. The van der Waals surface area contributed by atoms with Crippen LogP contribution in [0.25, 0.3) is 0 Å². The van der Waals surface area contributed by atoms with E-state index in [1.807, 2.05) is 9.91 Å². The van der Waals surface area contributed by atoms with E-state index in [4.69, 9.17) is 9.66 Å². The number of rotatable bonds is 10. The zero-order valence-electron chi connectivity index (χ0n) is 16.5. The predicted molar refractivity (Wildman–Crippen MR) is 105 cm³/mol. The second-order valence-corrected chi connectivity index (χ2v) is 10.8. The van der Waals surface area contributed by atoms with E-state index in [0.717, 1.165) is 0 Å². The molecule has 2 fully saturated rings. The lowest BCUT2D eigenvalue weighted by Gasteiger charge is -2.54. The van der Waals surface area contributed by atoms with Crippen LogP contribution in [0.4, 0.5) is 0 Å². The van der Waals surface area contributed by atoms with Gasteiger partial charge < -0.3 is 10.2 Å². The molecular weight excluding hydrogens is 428 g/mol. The third-order valence-corrected chi connectivity index (χ3v) is 7.20. The third kappa shape index (κ3) is 7.65. The van der Waals surface area contributed by atoms with Gasteiger partial charge in [-0.25, -0.2) is 4.59 Å². The average Bonchev–Trinajstić information content (AvgIpc) is 2.65. The highest BCUT2D eigenvalue weighted by molar-refractivity contribution is 7.86. The number of hydrogen-bond donors (Lipinski definition) is 4. The smallest absolute Gasteiger partial charge is 0.270 e. The van der Waals surface area contributed by atoms with Gasteiger partial charge in [0.05, 0.1) is 31.6 Å². The van der Waals surface area contributed by atoms with Crippen LogP contribution in [0.3, 0.4) is 0 Å². The van der Waals surface area contributed by atoms with Gasteiger partial charge in [-0.2, -0.15) is 16.8 Å². The molecule has 4 N–H and O–H groups in total. The van der Waals surface area contributed by atoms with Crippen LogP contribution in [0.5, 0.6) is 0 Å². The van der Waals surface area contributed by atoms with Crippen LogP contribution >= 0.6 is 0 Å². The predicted octanol–water partition coefficient (Wildman–Crippen LogP) is -3.22. The van der Waals surface area contributed by atoms with Gasteiger partial charge >= 0.3 is 0 Å². The highest BCUT2D eigenvalue weighted by Gasteiger charge is 2.45. The van der Waals surface area contributed by atoms with Gasteiger partial charge in [0, 0.05) is 39.3 Å². The van der Waals surface area contributed by atoms with Crippen LogP contribution in [0, 0.1) is 0 Å². The summed E-state index contributed by atoms with van der Waals surface area (Å²) in [5.74, 6) is -0.780. The van der Waals surface area contributed by atoms with E-state index < -0.39 is 26.0 Å². The van der Waals surface area contributed by atoms with Crippen molar-refractivity contribution >= 4 is 20.2 Å². The lowest BCUT2D eigenvalue weighted by atomic mass is 10.1. The normalized spacial score (nSPS) is 25.3. The summed E-state index contributed by atoms with van der Waals surface area (Å²) < 4.78 is 63.4. The number of piperazine rings is 2. The topological polar surface area (TPSA) is 159 Å². The van der Waals surface area contributed by atoms with Crippen LogP contribution in [0.2, 0.25) is 0 Å². The molecule has 1 atom stereocenters. The van der Waals surface area contributed by atoms with Gasteiger partial charge in [0.25, 0.3) is 20.2 Å². The van der Waals surface area contributed by atoms with E-state index >= 15 is 0 Å². The van der Waals surface area contributed by atoms with Crippen molar-refractivity contribution < 1.29 is 40.7 Å². The second-order valence-electron chi connectivity index (χ2n) is 7.70. The van der Waals surface area contributed by atoms with Crippen molar-refractivity contribution in [3.05, 3.63) is 0 Å². The van der Waals surface area contributed by atoms with Gasteiger partial charge in [-0.15, -0.1) is 5.01 Å². The Bertz CT molecular complexity index is 725. The maximum atomic E-state index is 11.4. The van der Waals surface area contributed by atoms with Crippen molar-refractivity contribution in [3.63, 3.8) is 0 Å². The molecule has 2 heterocycles. The van der Waals surface area contributed by atoms with E-state index in [-0.39, 0.29) is 38.1 Å². The van der Waals surface area contributed by atoms with Crippen molar-refractivity contribution in [2.75, 3.05) is 90.2 Å². The van der Waals surface area contributed by atoms with E-state index in [2.05, 4.69) is 4.90 Å². The fraction of sp³-hybridized carbons (Fsp3) is 1.00. The highest BCUT2D eigenvalue weighted by atomic mass is 32.2. The molecule has 12 nitrogen and oxygen atoms in total. The van der Waals surface area contributed by atoms with Gasteiger partial charge in [0.1, 0.15) is 25.4 Å². The molecule has 0 saturated carbocycles. The Hall–Kier alpha value is -0.420. The van der Waals surface area contributed by atoms with E-state index in [0.29, 0.717) is 57.0 Å². The summed E-state index contributed by atoms with van der Waals surface area (Å²) in [5, 5.41) is 21.2. The quantitative estimate of drug-likeness (QED) is 0.191. The Labute approximate surface area is 172 Å². The number of hydrogen-bond acceptors (Lipinski definition) is 9. The molecule has 0 bridgehead atoms. The molecule has 172 valence electrons. The van der Waals surface area contributed by atoms with Gasteiger partial charge in [0.2, 0.25) is 0 Å². The van der Waals surface area contributed by atoms with Crippen molar-refractivity contribution in [1.82, 2.24) is 14.8 Å². The van der Waals surface area contributed by atoms with E-state index in [1.54, 1.807) is 0 Å². The first kappa shape index (κ1) is 24.8. The molecular formula is C15H33N4O8S2+. The molecule has 0 aromatic rings. The maximum absolute atomic E-state index is 11.4. The highest BCUT2D eigenvalue weighted by Crippen LogP contribution is 2.24. The molecule has 2 saturated heterocycles. The number of quaternary nitrogens is 1. The minimum absolute atomic E-state index is 0.0384. The minimum Gasteiger partial charge on any atom is -0.395 e. The van der Waals surface area contributed by atoms with E-state index in [1.165, 1.54) is 0 Å². The van der Waals surface area contributed by atoms with Gasteiger partial charge in [0.15, 0.2) is 0 Å². The van der Waals surface area contributed by atoms with Crippen LogP contribution < -0.4 is 0 Å². The van der Waals surface area contributed by atoms with Gasteiger partial charge in [-0.3, -0.25) is 18.9 Å². The molecule has 0 spiro atoms. The first-order valence-corrected chi connectivity index (χ1v) is 12.9. The number of β-amino-alcohol motifs (C(OH)–C–C–N with tert-alkyl or cyclic N) is 1. The molecule has 14 heteroatoms. The maximum Gasteiger partial charge on any atom is 0.270 e.